The van der Waals surface area contributed by atoms with Gasteiger partial charge in [0.2, 0.25) is 0 Å². The van der Waals surface area contributed by atoms with E-state index in [1.54, 1.807) is 0 Å². The highest BCUT2D eigenvalue weighted by Crippen LogP contribution is 2.61. The molecule has 2 aromatic heterocycles. The molecule has 1 aliphatic carbocycles. The lowest BCUT2D eigenvalue weighted by Gasteiger charge is -2.40. The molecule has 0 saturated carbocycles. The van der Waals surface area contributed by atoms with Crippen molar-refractivity contribution in [3.8, 4) is 44.8 Å². The van der Waals surface area contributed by atoms with Crippen molar-refractivity contribution in [2.24, 2.45) is 0 Å². The van der Waals surface area contributed by atoms with Crippen molar-refractivity contribution >= 4 is 71.8 Å². The van der Waals surface area contributed by atoms with E-state index in [2.05, 4.69) is 331 Å². The fraction of sp³-hybridized carbons (Fsp3) is 0.0250. The first-order chi connectivity index (χ1) is 41.1. The first-order valence-corrected chi connectivity index (χ1v) is 28.7. The minimum Gasteiger partial charge on any atom is -0.310 e. The Bertz CT molecular complexity index is 4980. The highest BCUT2D eigenvalue weighted by Gasteiger charge is 2.51. The summed E-state index contributed by atoms with van der Waals surface area (Å²) in [6.45, 7) is 6.80. The molecule has 1 spiro atoms. The summed E-state index contributed by atoms with van der Waals surface area (Å²) in [6, 6.07) is 107. The second kappa shape index (κ2) is 19.2. The number of fused-ring (bicyclic) bond motifs is 12. The maximum Gasteiger partial charge on any atom is 0.0754 e. The number of hydrogen-bond donors (Lipinski definition) is 0. The molecule has 1 atom stereocenters. The number of aromatic nitrogens is 2. The summed E-state index contributed by atoms with van der Waals surface area (Å²) >= 11 is 0. The standard InChI is InChI=1S/C80H55N3/c1-3-61-64-29-12-16-34-70(64)80(71-35-17-21-40-78(71)83-76-39-20-14-31-66(76)68-33-22-36-72(80)79(68)83)73(61)51-53(2)54-41-46-59(47-42-54)81(74-37-18-13-30-65(74)63-28-11-10-27-62(63)56-23-6-4-7-24-56)60-48-43-55(44-49-60)57-45-50-77-69(52-57)67-32-15-19-38-75(67)82(77)58-25-8-5-9-26-58/h3-52H,1H2,2H3/b53-51+. The van der Waals surface area contributed by atoms with Crippen LogP contribution in [0.1, 0.15) is 34.7 Å². The quantitative estimate of drug-likeness (QED) is 0.133. The number of benzene rings is 12. The number of rotatable bonds is 10. The molecular formula is C80H55N3. The lowest BCUT2D eigenvalue weighted by molar-refractivity contribution is 0.742. The Balaban J connectivity index is 0.835. The molecule has 3 heteroatoms. The first-order valence-electron chi connectivity index (χ1n) is 28.7. The third kappa shape index (κ3) is 7.31. The van der Waals surface area contributed by atoms with E-state index in [4.69, 9.17) is 0 Å². The molecule has 83 heavy (non-hydrogen) atoms. The number of nitrogens with zero attached hydrogens (tertiary/aromatic N) is 3. The molecule has 390 valence electrons. The summed E-state index contributed by atoms with van der Waals surface area (Å²) in [5, 5.41) is 5.00. The summed E-state index contributed by atoms with van der Waals surface area (Å²) in [5.41, 5.74) is 26.6. The van der Waals surface area contributed by atoms with Gasteiger partial charge in [-0.05, 0) is 152 Å². The van der Waals surface area contributed by atoms with Crippen molar-refractivity contribution in [3.05, 3.63) is 343 Å². The largest absolute Gasteiger partial charge is 0.310 e. The van der Waals surface area contributed by atoms with Gasteiger partial charge in [-0.2, -0.15) is 0 Å². The molecule has 16 rings (SSSR count). The van der Waals surface area contributed by atoms with Gasteiger partial charge in [0.25, 0.3) is 0 Å². The molecule has 0 fully saturated rings. The maximum atomic E-state index is 4.53. The van der Waals surface area contributed by atoms with Gasteiger partial charge in [0.15, 0.2) is 0 Å². The minimum absolute atomic E-state index is 0.600. The Morgan fingerprint density at radius 3 is 1.69 bits per heavy atom. The van der Waals surface area contributed by atoms with Crippen LogP contribution in [0.5, 0.6) is 0 Å². The Morgan fingerprint density at radius 1 is 0.398 bits per heavy atom. The Hall–Kier alpha value is -10.7. The van der Waals surface area contributed by atoms with Crippen LogP contribution in [-0.2, 0) is 5.41 Å². The second-order valence-corrected chi connectivity index (χ2v) is 22.0. The molecule has 2 aliphatic rings. The lowest BCUT2D eigenvalue weighted by Crippen LogP contribution is -2.34. The highest BCUT2D eigenvalue weighted by molar-refractivity contribution is 6.14. The summed E-state index contributed by atoms with van der Waals surface area (Å²) < 4.78 is 4.88. The topological polar surface area (TPSA) is 13.1 Å². The summed E-state index contributed by atoms with van der Waals surface area (Å²) in [7, 11) is 0. The smallest absolute Gasteiger partial charge is 0.0754 e. The number of hydrogen-bond acceptors (Lipinski definition) is 1. The average Bonchev–Trinajstić information content (AvgIpc) is 1.76. The number of anilines is 3. The fourth-order valence-corrected chi connectivity index (χ4v) is 14.1. The lowest BCUT2D eigenvalue weighted by atomic mass is 9.64. The van der Waals surface area contributed by atoms with Crippen LogP contribution in [0.3, 0.4) is 0 Å². The summed E-state index contributed by atoms with van der Waals surface area (Å²) in [4.78, 5) is 2.43. The van der Waals surface area contributed by atoms with Gasteiger partial charge in [-0.1, -0.05) is 237 Å². The van der Waals surface area contributed by atoms with Gasteiger partial charge >= 0.3 is 0 Å². The second-order valence-electron chi connectivity index (χ2n) is 22.0. The van der Waals surface area contributed by atoms with Gasteiger partial charge in [-0.15, -0.1) is 0 Å². The van der Waals surface area contributed by atoms with Gasteiger partial charge < -0.3 is 14.0 Å². The highest BCUT2D eigenvalue weighted by atomic mass is 15.1. The van der Waals surface area contributed by atoms with Crippen molar-refractivity contribution in [1.29, 1.82) is 0 Å². The molecule has 1 unspecified atom stereocenters. The predicted molar refractivity (Wildman–Crippen MR) is 350 cm³/mol. The Morgan fingerprint density at radius 2 is 0.940 bits per heavy atom. The number of para-hydroxylation sites is 6. The van der Waals surface area contributed by atoms with Crippen LogP contribution in [0.15, 0.2) is 315 Å². The van der Waals surface area contributed by atoms with Crippen molar-refractivity contribution < 1.29 is 0 Å². The van der Waals surface area contributed by atoms with E-state index in [1.165, 1.54) is 105 Å². The van der Waals surface area contributed by atoms with Crippen LogP contribution in [0.2, 0.25) is 0 Å². The van der Waals surface area contributed by atoms with Gasteiger partial charge in [-0.3, -0.25) is 0 Å². The van der Waals surface area contributed by atoms with E-state index >= 15 is 0 Å². The third-order valence-corrected chi connectivity index (χ3v) is 17.7. The van der Waals surface area contributed by atoms with Crippen molar-refractivity contribution in [1.82, 2.24) is 9.13 Å². The van der Waals surface area contributed by atoms with Crippen LogP contribution in [0, 0.1) is 0 Å². The summed E-state index contributed by atoms with van der Waals surface area (Å²) in [6.07, 6.45) is 4.55. The van der Waals surface area contributed by atoms with E-state index in [1.807, 2.05) is 0 Å². The van der Waals surface area contributed by atoms with Crippen molar-refractivity contribution in [2.45, 2.75) is 12.3 Å². The molecule has 0 saturated heterocycles. The van der Waals surface area contributed by atoms with Gasteiger partial charge in [0.05, 0.1) is 38.9 Å². The first kappa shape index (κ1) is 48.2. The number of allylic oxidation sites excluding steroid dienone is 5. The SMILES string of the molecule is C=CC1=C(/C=C(\C)c2ccc(N(c3ccc(-c4ccc5c(c4)c4ccccc4n5-c4ccccc4)cc3)c3ccccc3-c3ccccc3-c3ccccc3)cc2)C2(c3ccccc31)c1ccccc1-n1c3ccccc3c3cccc2c31. The minimum atomic E-state index is -0.600. The molecule has 0 radical (unpaired) electrons. The maximum absolute atomic E-state index is 4.53. The van der Waals surface area contributed by atoms with Crippen LogP contribution in [-0.4, -0.2) is 9.13 Å². The zero-order chi connectivity index (χ0) is 55.2. The van der Waals surface area contributed by atoms with Crippen LogP contribution < -0.4 is 4.90 Å². The molecular weight excluding hydrogens is 1000 g/mol. The van der Waals surface area contributed by atoms with E-state index in [0.29, 0.717) is 0 Å². The third-order valence-electron chi connectivity index (χ3n) is 17.7. The van der Waals surface area contributed by atoms with Crippen LogP contribution in [0.4, 0.5) is 17.1 Å². The molecule has 1 aliphatic heterocycles. The zero-order valence-corrected chi connectivity index (χ0v) is 45.9. The van der Waals surface area contributed by atoms with Gasteiger partial charge in [0, 0.05) is 44.2 Å². The van der Waals surface area contributed by atoms with Gasteiger partial charge in [-0.25, -0.2) is 0 Å². The van der Waals surface area contributed by atoms with Gasteiger partial charge in [0.1, 0.15) is 0 Å². The molecule has 3 nitrogen and oxygen atoms in total. The molecule has 0 amide bonds. The Labute approximate surface area is 483 Å². The van der Waals surface area contributed by atoms with Crippen LogP contribution in [0.25, 0.3) is 99.5 Å². The van der Waals surface area contributed by atoms with Crippen LogP contribution >= 0.6 is 0 Å². The van der Waals surface area contributed by atoms with E-state index in [-0.39, 0.29) is 0 Å². The van der Waals surface area contributed by atoms with Crippen molar-refractivity contribution in [2.75, 3.05) is 4.90 Å². The average molecular weight is 1060 g/mol. The molecule has 0 N–H and O–H groups in total. The van der Waals surface area contributed by atoms with E-state index < -0.39 is 5.41 Å². The monoisotopic (exact) mass is 1060 g/mol. The zero-order valence-electron chi connectivity index (χ0n) is 45.9. The molecule has 0 bridgehead atoms. The predicted octanol–water partition coefficient (Wildman–Crippen LogP) is 21.1. The van der Waals surface area contributed by atoms with Crippen molar-refractivity contribution in [3.63, 3.8) is 0 Å². The Kier molecular flexibility index (Phi) is 11.2. The normalized spacial score (nSPS) is 14.4. The summed E-state index contributed by atoms with van der Waals surface area (Å²) in [5.74, 6) is 0. The molecule has 3 heterocycles. The van der Waals surface area contributed by atoms with E-state index in [0.717, 1.165) is 45.0 Å². The van der Waals surface area contributed by atoms with E-state index in [9.17, 15) is 0 Å². The molecule has 14 aromatic rings. The molecule has 12 aromatic carbocycles. The fourth-order valence-electron chi connectivity index (χ4n) is 14.1.